The van der Waals surface area contributed by atoms with Crippen molar-refractivity contribution in [1.29, 1.82) is 0 Å². The molecule has 0 saturated heterocycles. The predicted molar refractivity (Wildman–Crippen MR) is 167 cm³/mol. The Kier molecular flexibility index (Phi) is 13.5. The van der Waals surface area contributed by atoms with Crippen LogP contribution in [-0.2, 0) is 17.1 Å². The molecule has 2 nitrogen and oxygen atoms in total. The lowest BCUT2D eigenvalue weighted by atomic mass is 9.77. The van der Waals surface area contributed by atoms with E-state index in [1.807, 2.05) is 0 Å². The summed E-state index contributed by atoms with van der Waals surface area (Å²) in [5.74, 6) is -9.34. The lowest BCUT2D eigenvalue weighted by Gasteiger charge is -2.34. The first-order valence-corrected chi connectivity index (χ1v) is 17.3. The molecule has 2 atom stereocenters. The summed E-state index contributed by atoms with van der Waals surface area (Å²) < 4.78 is 103. The van der Waals surface area contributed by atoms with E-state index in [1.165, 1.54) is 31.7 Å². The van der Waals surface area contributed by atoms with E-state index in [0.29, 0.717) is 32.5 Å². The number of benzene rings is 2. The van der Waals surface area contributed by atoms with E-state index in [1.54, 1.807) is 0 Å². The minimum Gasteiger partial charge on any atom is -0.490 e. The van der Waals surface area contributed by atoms with Crippen LogP contribution in [0.15, 0.2) is 18.2 Å². The van der Waals surface area contributed by atoms with Crippen molar-refractivity contribution < 1.29 is 35.8 Å². The normalized spacial score (nSPS) is 18.2. The average Bonchev–Trinajstić information content (AvgIpc) is 3.86. The highest BCUT2D eigenvalue weighted by atomic mass is 19.3. The Morgan fingerprint density at radius 3 is 2.16 bits per heavy atom. The highest BCUT2D eigenvalue weighted by molar-refractivity contribution is 5.68. The molecule has 1 saturated carbocycles. The fraction of sp³-hybridized carbons (Fsp3) is 0.676. The molecule has 0 aliphatic heterocycles. The van der Waals surface area contributed by atoms with Gasteiger partial charge in [0, 0.05) is 30.3 Å². The zero-order valence-corrected chi connectivity index (χ0v) is 27.0. The van der Waals surface area contributed by atoms with Crippen LogP contribution in [0.25, 0.3) is 11.1 Å². The molecule has 252 valence electrons. The molecule has 2 unspecified atom stereocenters. The molecular weight excluding hydrogens is 590 g/mol. The first kappa shape index (κ1) is 35.6. The third kappa shape index (κ3) is 9.20. The maximum atomic E-state index is 15.5. The summed E-state index contributed by atoms with van der Waals surface area (Å²) in [6.07, 6.45) is 13.3. The van der Waals surface area contributed by atoms with Gasteiger partial charge in [-0.2, -0.15) is 4.39 Å². The van der Waals surface area contributed by atoms with Gasteiger partial charge in [0.2, 0.25) is 5.82 Å². The highest BCUT2D eigenvalue weighted by Crippen LogP contribution is 2.49. The number of hydrogen-bond acceptors (Lipinski definition) is 2. The maximum absolute atomic E-state index is 15.5. The van der Waals surface area contributed by atoms with Crippen LogP contribution in [0, 0.1) is 41.0 Å². The van der Waals surface area contributed by atoms with Gasteiger partial charge < -0.3 is 9.47 Å². The minimum absolute atomic E-state index is 0.0715. The van der Waals surface area contributed by atoms with Crippen molar-refractivity contribution in [2.75, 3.05) is 19.8 Å². The molecule has 0 N–H and O–H groups in total. The molecule has 2 aliphatic rings. The Morgan fingerprint density at radius 1 is 0.756 bits per heavy atom. The maximum Gasteiger partial charge on any atom is 0.279 e. The van der Waals surface area contributed by atoms with Crippen molar-refractivity contribution in [1.82, 2.24) is 0 Å². The molecule has 0 amide bonds. The monoisotopic (exact) mass is 640 g/mol. The molecular formula is C37H50F6O2. The lowest BCUT2D eigenvalue weighted by molar-refractivity contribution is -0.0823. The lowest BCUT2D eigenvalue weighted by Crippen LogP contribution is -2.33. The van der Waals surface area contributed by atoms with Crippen LogP contribution in [0.2, 0.25) is 0 Å². The van der Waals surface area contributed by atoms with Gasteiger partial charge in [-0.05, 0) is 87.0 Å². The summed E-state index contributed by atoms with van der Waals surface area (Å²) in [4.78, 5) is 0. The molecule has 0 heterocycles. The number of unbranched alkanes of at least 4 members (excludes halogenated alkanes) is 6. The first-order valence-electron chi connectivity index (χ1n) is 17.3. The number of aryl methyl sites for hydroxylation is 1. The Balaban J connectivity index is 1.33. The van der Waals surface area contributed by atoms with Crippen LogP contribution in [0.5, 0.6) is 5.75 Å². The van der Waals surface area contributed by atoms with E-state index >= 15 is 22.0 Å². The van der Waals surface area contributed by atoms with Crippen LogP contribution in [0.1, 0.15) is 121 Å². The second kappa shape index (κ2) is 17.1. The molecule has 0 bridgehead atoms. The average molecular weight is 641 g/mol. The number of hydrogen-bond donors (Lipinski definition) is 0. The van der Waals surface area contributed by atoms with E-state index in [4.69, 9.17) is 9.47 Å². The second-order valence-corrected chi connectivity index (χ2v) is 13.1. The number of halogens is 6. The molecule has 4 rings (SSSR count). The summed E-state index contributed by atoms with van der Waals surface area (Å²) in [6, 6.07) is 3.36. The van der Waals surface area contributed by atoms with Crippen LogP contribution < -0.4 is 4.74 Å². The number of ether oxygens (including phenoxy) is 2. The van der Waals surface area contributed by atoms with Crippen LogP contribution in [0.4, 0.5) is 26.3 Å². The molecule has 1 fully saturated rings. The smallest absolute Gasteiger partial charge is 0.279 e. The van der Waals surface area contributed by atoms with E-state index < -0.39 is 51.8 Å². The van der Waals surface area contributed by atoms with Crippen molar-refractivity contribution in [3.63, 3.8) is 0 Å². The van der Waals surface area contributed by atoms with E-state index in [9.17, 15) is 4.39 Å². The topological polar surface area (TPSA) is 18.5 Å². The zero-order chi connectivity index (χ0) is 32.4. The molecule has 0 spiro atoms. The quantitative estimate of drug-likeness (QED) is 0.106. The van der Waals surface area contributed by atoms with Gasteiger partial charge >= 0.3 is 0 Å². The van der Waals surface area contributed by atoms with Gasteiger partial charge in [-0.3, -0.25) is 0 Å². The molecule has 2 aromatic carbocycles. The summed E-state index contributed by atoms with van der Waals surface area (Å²) in [5.41, 5.74) is -2.11. The Morgan fingerprint density at radius 2 is 1.44 bits per heavy atom. The van der Waals surface area contributed by atoms with Crippen LogP contribution >= 0.6 is 0 Å². The third-order valence-electron chi connectivity index (χ3n) is 9.76. The van der Waals surface area contributed by atoms with Crippen molar-refractivity contribution >= 4 is 0 Å². The Hall–Kier alpha value is -2.22. The van der Waals surface area contributed by atoms with Crippen molar-refractivity contribution in [3.8, 4) is 16.9 Å². The number of rotatable bonds is 20. The van der Waals surface area contributed by atoms with Crippen LogP contribution in [0.3, 0.4) is 0 Å². The zero-order valence-electron chi connectivity index (χ0n) is 27.0. The van der Waals surface area contributed by atoms with Gasteiger partial charge in [-0.15, -0.1) is 0 Å². The highest BCUT2D eigenvalue weighted by Gasteiger charge is 2.48. The van der Waals surface area contributed by atoms with Gasteiger partial charge in [-0.25, -0.2) is 22.0 Å². The van der Waals surface area contributed by atoms with Crippen LogP contribution in [-0.4, -0.2) is 19.8 Å². The van der Waals surface area contributed by atoms with Crippen molar-refractivity contribution in [2.45, 2.75) is 123 Å². The molecule has 45 heavy (non-hydrogen) atoms. The second-order valence-electron chi connectivity index (χ2n) is 13.1. The standard InChI is InChI=1S/C37H50F6O2/c1-3-5-10-21-44-22-11-7-9-14-28-18-17-27-24-30(34(39)36(41)32(27)37(28,42)43)29-19-20-31(35(40)33(29)38)45-23-12-6-8-13-25(4-2)26-15-16-26/h19-20,24-26,28H,3-18,21-23H2,1-2H3. The predicted octanol–water partition coefficient (Wildman–Crippen LogP) is 11.7. The van der Waals surface area contributed by atoms with Crippen molar-refractivity contribution in [2.24, 2.45) is 17.8 Å². The summed E-state index contributed by atoms with van der Waals surface area (Å²) in [5, 5.41) is 0. The molecule has 8 heteroatoms. The molecule has 0 radical (unpaired) electrons. The Labute approximate surface area is 265 Å². The van der Waals surface area contributed by atoms with Gasteiger partial charge in [0.05, 0.1) is 12.2 Å². The Bertz CT molecular complexity index is 1230. The molecule has 2 aromatic rings. The SMILES string of the molecule is CCCCCOCCCCCC1CCc2cc(-c3ccc(OCCCCCC(CC)C4CC4)c(F)c3F)c(F)c(F)c2C1(F)F. The fourth-order valence-corrected chi connectivity index (χ4v) is 6.86. The number of fused-ring (bicyclic) bond motifs is 1. The van der Waals surface area contributed by atoms with E-state index in [0.717, 1.165) is 62.5 Å². The summed E-state index contributed by atoms with van der Waals surface area (Å²) >= 11 is 0. The van der Waals surface area contributed by atoms with Gasteiger partial charge in [-0.1, -0.05) is 65.2 Å². The first-order chi connectivity index (χ1) is 21.7. The largest absolute Gasteiger partial charge is 0.490 e. The van der Waals surface area contributed by atoms with Gasteiger partial charge in [0.25, 0.3) is 5.92 Å². The van der Waals surface area contributed by atoms with E-state index in [-0.39, 0.29) is 37.2 Å². The molecule has 0 aromatic heterocycles. The van der Waals surface area contributed by atoms with Gasteiger partial charge in [0.1, 0.15) is 0 Å². The van der Waals surface area contributed by atoms with Gasteiger partial charge in [0.15, 0.2) is 23.2 Å². The number of alkyl halides is 2. The summed E-state index contributed by atoms with van der Waals surface area (Å²) in [6.45, 7) is 5.83. The van der Waals surface area contributed by atoms with Crippen molar-refractivity contribution in [3.05, 3.63) is 52.6 Å². The fourth-order valence-electron chi connectivity index (χ4n) is 6.86. The molecule has 2 aliphatic carbocycles. The summed E-state index contributed by atoms with van der Waals surface area (Å²) in [7, 11) is 0. The third-order valence-corrected chi connectivity index (χ3v) is 9.76. The minimum atomic E-state index is -3.56. The van der Waals surface area contributed by atoms with E-state index in [2.05, 4.69) is 13.8 Å².